The Hall–Kier alpha value is -3.75. The lowest BCUT2D eigenvalue weighted by molar-refractivity contribution is 0.0962. The van der Waals surface area contributed by atoms with Gasteiger partial charge in [-0.15, -0.1) is 5.10 Å². The topological polar surface area (TPSA) is 119 Å². The molecule has 3 aromatic rings. The van der Waals surface area contributed by atoms with Gasteiger partial charge in [0.1, 0.15) is 11.5 Å². The van der Waals surface area contributed by atoms with Crippen molar-refractivity contribution in [3.8, 4) is 11.5 Å². The molecule has 1 fully saturated rings. The van der Waals surface area contributed by atoms with Gasteiger partial charge in [-0.25, -0.2) is 4.68 Å². The van der Waals surface area contributed by atoms with Crippen molar-refractivity contribution < 1.29 is 19.4 Å². The van der Waals surface area contributed by atoms with E-state index in [0.717, 1.165) is 29.7 Å². The predicted molar refractivity (Wildman–Crippen MR) is 108 cm³/mol. The summed E-state index contributed by atoms with van der Waals surface area (Å²) in [6.45, 7) is 2.08. The Bertz CT molecular complexity index is 1100. The van der Waals surface area contributed by atoms with E-state index in [0.29, 0.717) is 0 Å². The number of ether oxygens (including phenoxy) is 1. The van der Waals surface area contributed by atoms with Crippen LogP contribution in [-0.2, 0) is 6.54 Å². The molecule has 1 saturated carbocycles. The van der Waals surface area contributed by atoms with Gasteiger partial charge >= 0.3 is 0 Å². The number of carbonyl (C=O) groups excluding carboxylic acids is 2. The van der Waals surface area contributed by atoms with Gasteiger partial charge in [-0.2, -0.15) is 0 Å². The number of nitrogens with zero attached hydrogens (tertiary/aromatic N) is 4. The zero-order chi connectivity index (χ0) is 21.3. The Morgan fingerprint density at radius 3 is 2.63 bits per heavy atom. The molecule has 154 valence electrons. The van der Waals surface area contributed by atoms with Crippen LogP contribution in [0.4, 0.5) is 5.69 Å². The molecule has 0 spiro atoms. The number of ketones is 1. The van der Waals surface area contributed by atoms with E-state index in [9.17, 15) is 14.7 Å². The maximum absolute atomic E-state index is 12.8. The molecule has 1 aromatic heterocycles. The molecule has 30 heavy (non-hydrogen) atoms. The van der Waals surface area contributed by atoms with Crippen molar-refractivity contribution >= 4 is 17.4 Å². The van der Waals surface area contributed by atoms with E-state index >= 15 is 0 Å². The van der Waals surface area contributed by atoms with Gasteiger partial charge in [-0.1, -0.05) is 12.1 Å². The van der Waals surface area contributed by atoms with Crippen LogP contribution in [0.15, 0.2) is 36.4 Å². The largest absolute Gasteiger partial charge is 0.505 e. The number of phenols is 1. The molecule has 1 amide bonds. The minimum absolute atomic E-state index is 0.0122. The third-order valence-corrected chi connectivity index (χ3v) is 4.94. The summed E-state index contributed by atoms with van der Waals surface area (Å²) in [5.41, 5.74) is 2.02. The molecule has 2 aromatic carbocycles. The van der Waals surface area contributed by atoms with Gasteiger partial charge in [0.15, 0.2) is 5.78 Å². The van der Waals surface area contributed by atoms with Crippen LogP contribution in [0.25, 0.3) is 0 Å². The number of hydrogen-bond donors (Lipinski definition) is 2. The monoisotopic (exact) mass is 407 g/mol. The number of aromatic nitrogens is 4. The molecular weight excluding hydrogens is 386 g/mol. The van der Waals surface area contributed by atoms with Gasteiger partial charge in [-0.3, -0.25) is 9.59 Å². The maximum Gasteiger partial charge on any atom is 0.295 e. The van der Waals surface area contributed by atoms with Crippen LogP contribution >= 0.6 is 0 Å². The van der Waals surface area contributed by atoms with Crippen molar-refractivity contribution in [3.05, 3.63) is 58.9 Å². The Morgan fingerprint density at radius 1 is 1.23 bits per heavy atom. The van der Waals surface area contributed by atoms with Crippen LogP contribution in [0.3, 0.4) is 0 Å². The van der Waals surface area contributed by atoms with Crippen molar-refractivity contribution in [1.82, 2.24) is 20.2 Å². The highest BCUT2D eigenvalue weighted by Gasteiger charge is 2.33. The normalized spacial score (nSPS) is 13.1. The molecule has 9 nitrogen and oxygen atoms in total. The fourth-order valence-corrected chi connectivity index (χ4v) is 3.18. The summed E-state index contributed by atoms with van der Waals surface area (Å²) in [5.74, 6) is -0.255. The third kappa shape index (κ3) is 4.00. The first-order valence-corrected chi connectivity index (χ1v) is 9.54. The maximum atomic E-state index is 12.8. The Kier molecular flexibility index (Phi) is 5.18. The Morgan fingerprint density at radius 2 is 1.97 bits per heavy atom. The van der Waals surface area contributed by atoms with Gasteiger partial charge < -0.3 is 15.2 Å². The summed E-state index contributed by atoms with van der Waals surface area (Å²) in [4.78, 5) is 25.2. The van der Waals surface area contributed by atoms with Crippen LogP contribution in [-0.4, -0.2) is 44.1 Å². The number of rotatable bonds is 7. The number of carbonyl (C=O) groups is 2. The van der Waals surface area contributed by atoms with Gasteiger partial charge in [0.2, 0.25) is 5.82 Å². The summed E-state index contributed by atoms with van der Waals surface area (Å²) < 4.78 is 6.50. The highest BCUT2D eigenvalue weighted by molar-refractivity contribution is 6.07. The first kappa shape index (κ1) is 19.6. The minimum Gasteiger partial charge on any atom is -0.505 e. The average Bonchev–Trinajstić information content (AvgIpc) is 3.49. The first-order valence-electron chi connectivity index (χ1n) is 9.54. The van der Waals surface area contributed by atoms with Crippen molar-refractivity contribution in [1.29, 1.82) is 0 Å². The first-order chi connectivity index (χ1) is 14.5. The van der Waals surface area contributed by atoms with E-state index in [1.54, 1.807) is 26.2 Å². The minimum atomic E-state index is -0.584. The number of amides is 1. The molecule has 1 heterocycles. The van der Waals surface area contributed by atoms with Crippen molar-refractivity contribution in [3.63, 3.8) is 0 Å². The number of methoxy groups -OCH3 is 1. The number of aromatic hydroxyl groups is 1. The van der Waals surface area contributed by atoms with Gasteiger partial charge in [-0.05, 0) is 65.6 Å². The second-order valence-corrected chi connectivity index (χ2v) is 7.31. The second kappa shape index (κ2) is 7.94. The highest BCUT2D eigenvalue weighted by Crippen LogP contribution is 2.38. The Balaban J connectivity index is 1.55. The molecule has 0 radical (unpaired) electrons. The number of tetrazole rings is 1. The fourth-order valence-electron chi connectivity index (χ4n) is 3.18. The number of hydrogen-bond acceptors (Lipinski definition) is 7. The van der Waals surface area contributed by atoms with Crippen LogP contribution in [0, 0.1) is 12.8 Å². The molecule has 1 aliphatic rings. The summed E-state index contributed by atoms with van der Waals surface area (Å²) in [5, 5.41) is 24.5. The second-order valence-electron chi connectivity index (χ2n) is 7.31. The number of benzene rings is 2. The molecule has 1 aliphatic carbocycles. The van der Waals surface area contributed by atoms with E-state index < -0.39 is 5.91 Å². The standard InChI is InChI=1S/C21H21N5O4/c1-12-9-16(18(27)14-5-6-14)19(28)17(10-12)22-21(29)20-23-24-25-26(20)11-13-3-7-15(30-2)8-4-13/h3-4,7-10,14,28H,5-6,11H2,1-2H3,(H,22,29). The van der Waals surface area contributed by atoms with Gasteiger partial charge in [0.25, 0.3) is 5.91 Å². The molecule has 9 heteroatoms. The van der Waals surface area contributed by atoms with E-state index in [1.807, 2.05) is 24.3 Å². The zero-order valence-corrected chi connectivity index (χ0v) is 16.6. The lowest BCUT2D eigenvalue weighted by Crippen LogP contribution is -2.20. The van der Waals surface area contributed by atoms with Crippen molar-refractivity contribution in [2.75, 3.05) is 12.4 Å². The predicted octanol–water partition coefficient (Wildman–Crippen LogP) is 2.59. The van der Waals surface area contributed by atoms with Crippen LogP contribution in [0.2, 0.25) is 0 Å². The van der Waals surface area contributed by atoms with E-state index in [4.69, 9.17) is 4.74 Å². The smallest absolute Gasteiger partial charge is 0.295 e. The van der Waals surface area contributed by atoms with E-state index in [1.165, 1.54) is 4.68 Å². The molecule has 4 rings (SSSR count). The molecule has 0 bridgehead atoms. The average molecular weight is 407 g/mol. The molecule has 0 atom stereocenters. The van der Waals surface area contributed by atoms with Crippen LogP contribution in [0.1, 0.15) is 44.9 Å². The van der Waals surface area contributed by atoms with Gasteiger partial charge in [0, 0.05) is 5.92 Å². The van der Waals surface area contributed by atoms with Gasteiger partial charge in [0.05, 0.1) is 24.9 Å². The van der Waals surface area contributed by atoms with E-state index in [2.05, 4.69) is 20.8 Å². The zero-order valence-electron chi connectivity index (χ0n) is 16.6. The highest BCUT2D eigenvalue weighted by atomic mass is 16.5. The number of phenolic OH excluding ortho intramolecular Hbond substituents is 1. The summed E-state index contributed by atoms with van der Waals surface area (Å²) in [7, 11) is 1.59. The van der Waals surface area contributed by atoms with Crippen LogP contribution < -0.4 is 10.1 Å². The lowest BCUT2D eigenvalue weighted by atomic mass is 10.0. The van der Waals surface area contributed by atoms with Crippen LogP contribution in [0.5, 0.6) is 11.5 Å². The summed E-state index contributed by atoms with van der Waals surface area (Å²) in [6.07, 6.45) is 1.65. The molecular formula is C21H21N5O4. The number of aryl methyl sites for hydroxylation is 1. The number of anilines is 1. The number of nitrogens with one attached hydrogen (secondary N) is 1. The lowest BCUT2D eigenvalue weighted by Gasteiger charge is -2.12. The summed E-state index contributed by atoms with van der Waals surface area (Å²) in [6, 6.07) is 10.6. The number of Topliss-reactive ketones (excluding diaryl/α,β-unsaturated/α-hetero) is 1. The van der Waals surface area contributed by atoms with Crippen molar-refractivity contribution in [2.45, 2.75) is 26.3 Å². The fraction of sp³-hybridized carbons (Fsp3) is 0.286. The SMILES string of the molecule is COc1ccc(Cn2nnnc2C(=O)Nc2cc(C)cc(C(=O)C3CC3)c2O)cc1. The molecule has 2 N–H and O–H groups in total. The summed E-state index contributed by atoms with van der Waals surface area (Å²) >= 11 is 0. The molecule has 0 saturated heterocycles. The van der Waals surface area contributed by atoms with E-state index in [-0.39, 0.29) is 41.1 Å². The van der Waals surface area contributed by atoms with Crippen molar-refractivity contribution in [2.24, 2.45) is 5.92 Å². The molecule has 0 unspecified atom stereocenters. The third-order valence-electron chi connectivity index (χ3n) is 4.94. The molecule has 0 aliphatic heterocycles. The Labute approximate surface area is 172 Å². The quantitative estimate of drug-likeness (QED) is 0.456.